The van der Waals surface area contributed by atoms with Crippen molar-refractivity contribution in [1.82, 2.24) is 9.99 Å². The Kier molecular flexibility index (Phi) is 7.74. The van der Waals surface area contributed by atoms with Crippen molar-refractivity contribution in [2.24, 2.45) is 5.10 Å². The van der Waals surface area contributed by atoms with Gasteiger partial charge in [-0.05, 0) is 56.3 Å². The molecule has 0 aliphatic rings. The van der Waals surface area contributed by atoms with Gasteiger partial charge in [-0.2, -0.15) is 5.10 Å². The Bertz CT molecular complexity index is 1320. The van der Waals surface area contributed by atoms with E-state index in [0.717, 1.165) is 33.2 Å². The van der Waals surface area contributed by atoms with Gasteiger partial charge in [0, 0.05) is 22.0 Å². The normalized spacial score (nSPS) is 11.7. The number of hydrogen-bond acceptors (Lipinski definition) is 4. The SMILES string of the molecule is Cc1cc(/C=N\NC(=O)CN(c2ccc(Cl)cc2)S(C)(=O)=O)c(C)n1-c1cccc(Cl)c1Cl. The van der Waals surface area contributed by atoms with Gasteiger partial charge in [-0.3, -0.25) is 9.10 Å². The Morgan fingerprint density at radius 1 is 1.12 bits per heavy atom. The van der Waals surface area contributed by atoms with Crippen molar-refractivity contribution in [3.63, 3.8) is 0 Å². The van der Waals surface area contributed by atoms with Crippen LogP contribution in [0.1, 0.15) is 17.0 Å². The summed E-state index contributed by atoms with van der Waals surface area (Å²) in [6, 6.07) is 13.4. The van der Waals surface area contributed by atoms with E-state index in [9.17, 15) is 13.2 Å². The summed E-state index contributed by atoms with van der Waals surface area (Å²) < 4.78 is 27.2. The van der Waals surface area contributed by atoms with E-state index in [1.807, 2.05) is 36.6 Å². The number of carbonyl (C=O) groups excluding carboxylic acids is 1. The number of nitrogens with zero attached hydrogens (tertiary/aromatic N) is 3. The Hall–Kier alpha value is -2.52. The van der Waals surface area contributed by atoms with Gasteiger partial charge in [0.2, 0.25) is 10.0 Å². The Morgan fingerprint density at radius 3 is 2.42 bits per heavy atom. The summed E-state index contributed by atoms with van der Waals surface area (Å²) in [5.74, 6) is -0.599. The van der Waals surface area contributed by atoms with Gasteiger partial charge in [0.15, 0.2) is 0 Å². The molecule has 7 nitrogen and oxygen atoms in total. The van der Waals surface area contributed by atoms with Gasteiger partial charge >= 0.3 is 0 Å². The number of hydrazone groups is 1. The first-order valence-corrected chi connectivity index (χ1v) is 12.7. The summed E-state index contributed by atoms with van der Waals surface area (Å²) in [4.78, 5) is 12.4. The number of sulfonamides is 1. The van der Waals surface area contributed by atoms with Crippen LogP contribution >= 0.6 is 34.8 Å². The smallest absolute Gasteiger partial charge is 0.260 e. The minimum Gasteiger partial charge on any atom is -0.316 e. The molecule has 1 heterocycles. The first-order chi connectivity index (χ1) is 15.5. The predicted octanol–water partition coefficient (Wildman–Crippen LogP) is 4.97. The molecular weight excluding hydrogens is 507 g/mol. The number of rotatable bonds is 7. The number of nitrogens with one attached hydrogen (secondary N) is 1. The van der Waals surface area contributed by atoms with Gasteiger partial charge in [-0.15, -0.1) is 0 Å². The summed E-state index contributed by atoms with van der Waals surface area (Å²) in [6.07, 6.45) is 2.51. The number of halogens is 3. The van der Waals surface area contributed by atoms with E-state index in [4.69, 9.17) is 34.8 Å². The standard InChI is InChI=1S/C22H21Cl3N4O3S/c1-14-11-16(15(2)29(14)20-6-4-5-19(24)22(20)25)12-26-27-21(30)13-28(33(3,31)32)18-9-7-17(23)8-10-18/h4-12H,13H2,1-3H3,(H,27,30)/b26-12-. The molecule has 0 aliphatic carbocycles. The second kappa shape index (κ2) is 10.2. The lowest BCUT2D eigenvalue weighted by molar-refractivity contribution is -0.119. The van der Waals surface area contributed by atoms with Crippen LogP contribution < -0.4 is 9.73 Å². The van der Waals surface area contributed by atoms with Gasteiger partial charge in [-0.25, -0.2) is 13.8 Å². The predicted molar refractivity (Wildman–Crippen MR) is 135 cm³/mol. The quantitative estimate of drug-likeness (QED) is 0.348. The lowest BCUT2D eigenvalue weighted by Gasteiger charge is -2.21. The molecule has 0 spiro atoms. The van der Waals surface area contributed by atoms with Crippen LogP contribution in [0.15, 0.2) is 53.6 Å². The zero-order valence-corrected chi connectivity index (χ0v) is 21.1. The number of carbonyl (C=O) groups is 1. The number of hydrogen-bond donors (Lipinski definition) is 1. The molecule has 2 aromatic carbocycles. The van der Waals surface area contributed by atoms with Crippen LogP contribution in [0.2, 0.25) is 15.1 Å². The minimum atomic E-state index is -3.70. The van der Waals surface area contributed by atoms with Crippen LogP contribution in [-0.4, -0.2) is 37.9 Å². The minimum absolute atomic E-state index is 0.322. The molecule has 0 saturated heterocycles. The van der Waals surface area contributed by atoms with Crippen molar-refractivity contribution in [1.29, 1.82) is 0 Å². The molecule has 1 aromatic heterocycles. The zero-order chi connectivity index (χ0) is 24.3. The number of anilines is 1. The maximum Gasteiger partial charge on any atom is 0.260 e. The van der Waals surface area contributed by atoms with E-state index >= 15 is 0 Å². The summed E-state index contributed by atoms with van der Waals surface area (Å²) >= 11 is 18.4. The lowest BCUT2D eigenvalue weighted by atomic mass is 10.2. The second-order valence-corrected chi connectivity index (χ2v) is 10.4. The van der Waals surface area contributed by atoms with Gasteiger partial charge in [0.05, 0.1) is 33.9 Å². The van der Waals surface area contributed by atoms with Gasteiger partial charge in [0.25, 0.3) is 5.91 Å². The van der Waals surface area contributed by atoms with E-state index in [2.05, 4.69) is 10.5 Å². The molecule has 0 radical (unpaired) electrons. The maximum atomic E-state index is 12.4. The van der Waals surface area contributed by atoms with Crippen LogP contribution in [0.3, 0.4) is 0 Å². The molecular formula is C22H21Cl3N4O3S. The monoisotopic (exact) mass is 526 g/mol. The fourth-order valence-corrected chi connectivity index (χ4v) is 4.66. The summed E-state index contributed by atoms with van der Waals surface area (Å²) in [6.45, 7) is 3.37. The first kappa shape index (κ1) is 25.1. The van der Waals surface area contributed by atoms with Crippen molar-refractivity contribution in [2.75, 3.05) is 17.1 Å². The third-order valence-corrected chi connectivity index (χ3v) is 7.04. The van der Waals surface area contributed by atoms with Crippen LogP contribution in [0.25, 0.3) is 5.69 Å². The lowest BCUT2D eigenvalue weighted by Crippen LogP contribution is -2.39. The van der Waals surface area contributed by atoms with Crippen molar-refractivity contribution in [3.05, 3.63) is 80.6 Å². The average molecular weight is 528 g/mol. The molecule has 0 saturated carbocycles. The third-order valence-electron chi connectivity index (χ3n) is 4.84. The second-order valence-electron chi connectivity index (χ2n) is 7.27. The third kappa shape index (κ3) is 5.89. The highest BCUT2D eigenvalue weighted by Crippen LogP contribution is 2.31. The fraction of sp³-hybridized carbons (Fsp3) is 0.182. The number of benzene rings is 2. The first-order valence-electron chi connectivity index (χ1n) is 9.67. The van der Waals surface area contributed by atoms with Crippen molar-refractivity contribution >= 4 is 62.6 Å². The average Bonchev–Trinajstić information content (AvgIpc) is 3.01. The highest BCUT2D eigenvalue weighted by atomic mass is 35.5. The zero-order valence-electron chi connectivity index (χ0n) is 18.0. The molecule has 0 unspecified atom stereocenters. The molecule has 0 fully saturated rings. The number of aryl methyl sites for hydroxylation is 1. The van der Waals surface area contributed by atoms with Gasteiger partial charge < -0.3 is 4.57 Å². The van der Waals surface area contributed by atoms with E-state index in [1.165, 1.54) is 18.3 Å². The topological polar surface area (TPSA) is 83.8 Å². The van der Waals surface area contributed by atoms with Crippen LogP contribution in [0.4, 0.5) is 5.69 Å². The van der Waals surface area contributed by atoms with Crippen molar-refractivity contribution < 1.29 is 13.2 Å². The molecule has 11 heteroatoms. The van der Waals surface area contributed by atoms with Crippen molar-refractivity contribution in [2.45, 2.75) is 13.8 Å². The van der Waals surface area contributed by atoms with Crippen LogP contribution in [0, 0.1) is 13.8 Å². The highest BCUT2D eigenvalue weighted by molar-refractivity contribution is 7.92. The van der Waals surface area contributed by atoms with Crippen molar-refractivity contribution in [3.8, 4) is 5.69 Å². The summed E-state index contributed by atoms with van der Waals surface area (Å²) in [5.41, 5.74) is 5.92. The fourth-order valence-electron chi connectivity index (χ4n) is 3.30. The van der Waals surface area contributed by atoms with Crippen LogP contribution in [-0.2, 0) is 14.8 Å². The summed E-state index contributed by atoms with van der Waals surface area (Å²) in [5, 5.41) is 5.33. The maximum absolute atomic E-state index is 12.4. The number of amides is 1. The van der Waals surface area contributed by atoms with E-state index in [1.54, 1.807) is 18.2 Å². The molecule has 0 aliphatic heterocycles. The molecule has 3 aromatic rings. The highest BCUT2D eigenvalue weighted by Gasteiger charge is 2.21. The van der Waals surface area contributed by atoms with E-state index < -0.39 is 22.5 Å². The molecule has 1 amide bonds. The van der Waals surface area contributed by atoms with E-state index in [-0.39, 0.29) is 0 Å². The largest absolute Gasteiger partial charge is 0.316 e. The molecule has 1 N–H and O–H groups in total. The molecule has 3 rings (SSSR count). The molecule has 0 bridgehead atoms. The Morgan fingerprint density at radius 2 is 1.79 bits per heavy atom. The molecule has 174 valence electrons. The Labute approximate surface area is 207 Å². The van der Waals surface area contributed by atoms with E-state index in [0.29, 0.717) is 20.8 Å². The van der Waals surface area contributed by atoms with Crippen LogP contribution in [0.5, 0.6) is 0 Å². The molecule has 0 atom stereocenters. The summed E-state index contributed by atoms with van der Waals surface area (Å²) in [7, 11) is -3.70. The molecule has 33 heavy (non-hydrogen) atoms. The van der Waals surface area contributed by atoms with Gasteiger partial charge in [0.1, 0.15) is 6.54 Å². The Balaban J connectivity index is 1.76. The number of aromatic nitrogens is 1. The van der Waals surface area contributed by atoms with Gasteiger partial charge in [-0.1, -0.05) is 40.9 Å².